The van der Waals surface area contributed by atoms with Crippen LogP contribution in [0.4, 0.5) is 14.5 Å². The molecule has 1 aromatic carbocycles. The van der Waals surface area contributed by atoms with Gasteiger partial charge in [-0.2, -0.15) is 0 Å². The number of alkyl halides is 2. The van der Waals surface area contributed by atoms with Gasteiger partial charge >= 0.3 is 0 Å². The number of likely N-dealkylation sites (tertiary alicyclic amines) is 2. The van der Waals surface area contributed by atoms with Crippen LogP contribution in [0.3, 0.4) is 0 Å². The first-order valence-electron chi connectivity index (χ1n) is 15.7. The highest BCUT2D eigenvalue weighted by Gasteiger charge is 2.45. The van der Waals surface area contributed by atoms with Crippen LogP contribution in [0.25, 0.3) is 16.0 Å². The monoisotopic (exact) mass is 664 g/mol. The molecule has 1 aliphatic carbocycles. The molecule has 2 aromatic heterocycles. The summed E-state index contributed by atoms with van der Waals surface area (Å²) in [5.74, 6) is 0.355. The molecule has 0 radical (unpaired) electrons. The first kappa shape index (κ1) is 31.2. The Kier molecular flexibility index (Phi) is 7.47. The molecule has 0 amide bonds. The maximum Gasteiger partial charge on any atom is 0.291 e. The number of aromatic nitrogens is 4. The predicted octanol–water partition coefficient (Wildman–Crippen LogP) is 4.43. The van der Waals surface area contributed by atoms with Crippen molar-refractivity contribution in [1.29, 1.82) is 0 Å². The van der Waals surface area contributed by atoms with Gasteiger partial charge in [0, 0.05) is 50.2 Å². The highest BCUT2D eigenvalue weighted by Crippen LogP contribution is 2.45. The number of halogens is 2. The van der Waals surface area contributed by atoms with Crippen LogP contribution in [0.1, 0.15) is 70.7 Å². The number of rotatable bonds is 8. The Morgan fingerprint density at radius 3 is 2.36 bits per heavy atom. The Morgan fingerprint density at radius 1 is 1.04 bits per heavy atom. The second-order valence-corrected chi connectivity index (χ2v) is 17.2. The van der Waals surface area contributed by atoms with Gasteiger partial charge in [-0.3, -0.25) is 0 Å². The summed E-state index contributed by atoms with van der Waals surface area (Å²) in [6.45, 7) is 10.8. The molecule has 7 rings (SSSR count). The molecule has 1 saturated carbocycles. The number of sulfonamides is 1. The molecule has 1 N–H and O–H groups in total. The molecule has 1 spiro atoms. The number of piperidine rings is 2. The normalized spacial score (nSPS) is 24.8. The van der Waals surface area contributed by atoms with Crippen molar-refractivity contribution in [3.05, 3.63) is 17.1 Å². The average Bonchev–Trinajstić information content (AvgIpc) is 3.32. The molecule has 5 heterocycles. The number of nitrogens with one attached hydrogen (secondary N) is 1. The second-order valence-electron chi connectivity index (χ2n) is 14.6. The SMILES string of the molecule is CN1CC2(CCN(c3cc(S(=O)(=O)NC4(C)CC4)cc4c3c(OC3CCN(C)C(C)(C)C3)nn4-c3nnc(C(F)F)s3)CC2)C1. The second kappa shape index (κ2) is 10.8. The van der Waals surface area contributed by atoms with Crippen molar-refractivity contribution >= 4 is 38.0 Å². The van der Waals surface area contributed by atoms with Crippen LogP contribution in [-0.4, -0.2) is 102 Å². The van der Waals surface area contributed by atoms with Gasteiger partial charge in [-0.05, 0) is 84.5 Å². The van der Waals surface area contributed by atoms with Crippen LogP contribution >= 0.6 is 11.3 Å². The van der Waals surface area contributed by atoms with Gasteiger partial charge in [0.25, 0.3) is 6.43 Å². The van der Waals surface area contributed by atoms with Gasteiger partial charge in [0.15, 0.2) is 5.01 Å². The molecule has 45 heavy (non-hydrogen) atoms. The number of fused-ring (bicyclic) bond motifs is 1. The van der Waals surface area contributed by atoms with E-state index in [1.807, 2.05) is 6.92 Å². The van der Waals surface area contributed by atoms with E-state index in [0.29, 0.717) is 16.8 Å². The maximum atomic E-state index is 13.8. The molecule has 0 bridgehead atoms. The molecular weight excluding hydrogens is 623 g/mol. The van der Waals surface area contributed by atoms with Crippen LogP contribution in [0.2, 0.25) is 0 Å². The minimum Gasteiger partial charge on any atom is -0.473 e. The molecular formula is C30H42F2N8O3S2. The van der Waals surface area contributed by atoms with Gasteiger partial charge in [-0.15, -0.1) is 15.3 Å². The van der Waals surface area contributed by atoms with Crippen molar-refractivity contribution < 1.29 is 21.9 Å². The van der Waals surface area contributed by atoms with E-state index in [4.69, 9.17) is 9.84 Å². The fourth-order valence-electron chi connectivity index (χ4n) is 7.22. The summed E-state index contributed by atoms with van der Waals surface area (Å²) in [6.07, 6.45) is 2.19. The largest absolute Gasteiger partial charge is 0.473 e. The predicted molar refractivity (Wildman–Crippen MR) is 169 cm³/mol. The van der Waals surface area contributed by atoms with Crippen LogP contribution in [0, 0.1) is 5.41 Å². The van der Waals surface area contributed by atoms with Gasteiger partial charge in [0.2, 0.25) is 21.0 Å². The van der Waals surface area contributed by atoms with E-state index in [1.54, 1.807) is 12.1 Å². The molecule has 246 valence electrons. The zero-order valence-corrected chi connectivity index (χ0v) is 28.1. The van der Waals surface area contributed by atoms with Crippen molar-refractivity contribution in [3.8, 4) is 11.0 Å². The molecule has 1 unspecified atom stereocenters. The lowest BCUT2D eigenvalue weighted by atomic mass is 9.72. The summed E-state index contributed by atoms with van der Waals surface area (Å²) >= 11 is 0.736. The van der Waals surface area contributed by atoms with Gasteiger partial charge < -0.3 is 19.4 Å². The van der Waals surface area contributed by atoms with Crippen molar-refractivity contribution in [3.63, 3.8) is 0 Å². The average molecular weight is 665 g/mol. The lowest BCUT2D eigenvalue weighted by molar-refractivity contribution is 0.00134. The quantitative estimate of drug-likeness (QED) is 0.374. The molecule has 3 aliphatic heterocycles. The third-order valence-corrected chi connectivity index (χ3v) is 12.9. The lowest BCUT2D eigenvalue weighted by Gasteiger charge is -2.53. The summed E-state index contributed by atoms with van der Waals surface area (Å²) in [5.41, 5.74) is 0.901. The summed E-state index contributed by atoms with van der Waals surface area (Å²) in [7, 11) is 0.342. The first-order chi connectivity index (χ1) is 21.2. The van der Waals surface area contributed by atoms with Gasteiger partial charge in [0.1, 0.15) is 6.10 Å². The molecule has 4 aliphatic rings. The lowest BCUT2D eigenvalue weighted by Crippen LogP contribution is -2.58. The standard InChI is InChI=1S/C30H42F2N8O3S2/c1-28(2)16-19(6-11-38(28)5)43-25-23-21(39-12-9-30(10-13-39)17-37(4)18-30)14-20(45(41,42)36-29(3)7-8-29)15-22(23)40(35-25)27-34-33-26(44-27)24(31)32/h14-15,19,24,36H,6-13,16-18H2,1-5H3. The zero-order chi connectivity index (χ0) is 31.9. The van der Waals surface area contributed by atoms with E-state index < -0.39 is 27.0 Å². The van der Waals surface area contributed by atoms with Gasteiger partial charge in [0.05, 0.1) is 21.5 Å². The molecule has 3 saturated heterocycles. The van der Waals surface area contributed by atoms with Crippen molar-refractivity contribution in [1.82, 2.24) is 34.5 Å². The van der Waals surface area contributed by atoms with Crippen molar-refractivity contribution in [2.75, 3.05) is 51.7 Å². The van der Waals surface area contributed by atoms with E-state index in [9.17, 15) is 17.2 Å². The highest BCUT2D eigenvalue weighted by atomic mass is 32.2. The molecule has 15 heteroatoms. The molecule has 11 nitrogen and oxygen atoms in total. The summed E-state index contributed by atoms with van der Waals surface area (Å²) in [5, 5.41) is 12.9. The van der Waals surface area contributed by atoms with Crippen molar-refractivity contribution in [2.24, 2.45) is 5.41 Å². The van der Waals surface area contributed by atoms with Crippen molar-refractivity contribution in [2.45, 2.75) is 87.8 Å². The van der Waals surface area contributed by atoms with E-state index in [0.717, 1.165) is 88.3 Å². The molecule has 4 fully saturated rings. The third-order valence-electron chi connectivity index (χ3n) is 10.4. The van der Waals surface area contributed by atoms with Crippen LogP contribution in [0.15, 0.2) is 17.0 Å². The van der Waals surface area contributed by atoms with E-state index in [2.05, 4.69) is 57.6 Å². The minimum absolute atomic E-state index is 0.0849. The minimum atomic E-state index is -3.90. The third kappa shape index (κ3) is 5.83. The number of ether oxygens (including phenoxy) is 1. The summed E-state index contributed by atoms with van der Waals surface area (Å²) < 4.78 is 65.8. The van der Waals surface area contributed by atoms with E-state index >= 15 is 0 Å². The Labute approximate surface area is 267 Å². The number of hydrogen-bond donors (Lipinski definition) is 1. The number of hydrogen-bond acceptors (Lipinski definition) is 10. The number of anilines is 1. The van der Waals surface area contributed by atoms with E-state index in [1.165, 1.54) is 4.68 Å². The Bertz CT molecular complexity index is 1700. The Morgan fingerprint density at radius 2 is 1.76 bits per heavy atom. The van der Waals surface area contributed by atoms with Crippen LogP contribution < -0.4 is 14.4 Å². The molecule has 3 aromatic rings. The highest BCUT2D eigenvalue weighted by molar-refractivity contribution is 7.89. The maximum absolute atomic E-state index is 13.8. The summed E-state index contributed by atoms with van der Waals surface area (Å²) in [4.78, 5) is 6.99. The Balaban J connectivity index is 1.37. The smallest absolute Gasteiger partial charge is 0.291 e. The fourth-order valence-corrected chi connectivity index (χ4v) is 9.39. The van der Waals surface area contributed by atoms with Crippen LogP contribution in [-0.2, 0) is 10.0 Å². The van der Waals surface area contributed by atoms with E-state index in [-0.39, 0.29) is 27.1 Å². The topological polar surface area (TPSA) is 109 Å². The number of nitrogens with zero attached hydrogens (tertiary/aromatic N) is 7. The molecule has 1 atom stereocenters. The van der Waals surface area contributed by atoms with Gasteiger partial charge in [-0.1, -0.05) is 11.3 Å². The first-order valence-corrected chi connectivity index (χ1v) is 18.0. The zero-order valence-electron chi connectivity index (χ0n) is 26.5. The summed E-state index contributed by atoms with van der Waals surface area (Å²) in [6, 6.07) is 3.31. The Hall–Kier alpha value is -2.46. The van der Waals surface area contributed by atoms with Gasteiger partial charge in [-0.25, -0.2) is 26.6 Å². The fraction of sp³-hybridized carbons (Fsp3) is 0.700. The number of benzene rings is 1. The van der Waals surface area contributed by atoms with Crippen LogP contribution in [0.5, 0.6) is 5.88 Å².